The van der Waals surface area contributed by atoms with Gasteiger partial charge in [0.25, 0.3) is 0 Å². The van der Waals surface area contributed by atoms with E-state index in [-0.39, 0.29) is 6.10 Å². The molecule has 1 atom stereocenters. The van der Waals surface area contributed by atoms with Gasteiger partial charge in [0.15, 0.2) is 17.0 Å². The lowest BCUT2D eigenvalue weighted by Gasteiger charge is -2.32. The fourth-order valence-corrected chi connectivity index (χ4v) is 4.07. The molecule has 0 bridgehead atoms. The minimum absolute atomic E-state index is 0.0223. The van der Waals surface area contributed by atoms with Gasteiger partial charge in [0.2, 0.25) is 0 Å². The van der Waals surface area contributed by atoms with Crippen LogP contribution in [0.1, 0.15) is 5.01 Å². The van der Waals surface area contributed by atoms with Crippen LogP contribution in [0.15, 0.2) is 48.2 Å². The van der Waals surface area contributed by atoms with E-state index < -0.39 is 0 Å². The lowest BCUT2D eigenvalue weighted by Crippen LogP contribution is -2.43. The summed E-state index contributed by atoms with van der Waals surface area (Å²) in [6, 6.07) is 9.86. The molecule has 1 aromatic carbocycles. The van der Waals surface area contributed by atoms with Crippen LogP contribution in [-0.4, -0.2) is 60.6 Å². The zero-order valence-corrected chi connectivity index (χ0v) is 16.5. The van der Waals surface area contributed by atoms with Crippen LogP contribution in [0.2, 0.25) is 0 Å². The summed E-state index contributed by atoms with van der Waals surface area (Å²) in [6.07, 6.45) is 3.40. The van der Waals surface area contributed by atoms with E-state index in [9.17, 15) is 0 Å². The number of aromatic nitrogens is 6. The molecule has 29 heavy (non-hydrogen) atoms. The third-order valence-electron chi connectivity index (χ3n) is 4.78. The fraction of sp³-hybridized carbons (Fsp3) is 0.316. The van der Waals surface area contributed by atoms with Crippen LogP contribution in [0.3, 0.4) is 0 Å². The number of para-hydroxylation sites is 1. The third-order valence-corrected chi connectivity index (χ3v) is 5.54. The number of thiazole rings is 1. The molecule has 1 aliphatic heterocycles. The molecule has 9 nitrogen and oxygen atoms in total. The number of morpholine rings is 1. The van der Waals surface area contributed by atoms with E-state index >= 15 is 0 Å². The third kappa shape index (κ3) is 4.09. The van der Waals surface area contributed by atoms with E-state index in [1.165, 1.54) is 6.33 Å². The molecule has 4 heterocycles. The molecule has 0 saturated carbocycles. The van der Waals surface area contributed by atoms with E-state index in [4.69, 9.17) is 4.74 Å². The first-order valence-corrected chi connectivity index (χ1v) is 10.3. The lowest BCUT2D eigenvalue weighted by molar-refractivity contribution is -0.0399. The van der Waals surface area contributed by atoms with Gasteiger partial charge in [-0.2, -0.15) is 0 Å². The predicted octanol–water partition coefficient (Wildman–Crippen LogP) is 2.32. The van der Waals surface area contributed by atoms with E-state index in [1.54, 1.807) is 16.0 Å². The second-order valence-corrected chi connectivity index (χ2v) is 7.79. The number of fused-ring (bicyclic) bond motifs is 1. The maximum Gasteiger partial charge on any atom is 0.183 e. The zero-order chi connectivity index (χ0) is 19.5. The highest BCUT2D eigenvalue weighted by molar-refractivity contribution is 7.09. The SMILES string of the molecule is c1ccc(Nc2ncnc3c2nnn3C[C@H]2CN(Cc3nccs3)CCO2)cc1. The van der Waals surface area contributed by atoms with Crippen LogP contribution in [0.4, 0.5) is 11.5 Å². The highest BCUT2D eigenvalue weighted by Gasteiger charge is 2.23. The number of nitrogens with zero attached hydrogens (tertiary/aromatic N) is 7. The smallest absolute Gasteiger partial charge is 0.183 e. The number of rotatable bonds is 6. The van der Waals surface area contributed by atoms with Crippen LogP contribution in [0.25, 0.3) is 11.2 Å². The van der Waals surface area contributed by atoms with Crippen molar-refractivity contribution in [2.24, 2.45) is 0 Å². The van der Waals surface area contributed by atoms with Crippen molar-refractivity contribution >= 4 is 34.0 Å². The average Bonchev–Trinajstić information content (AvgIpc) is 3.40. The van der Waals surface area contributed by atoms with Crippen molar-refractivity contribution in [1.82, 2.24) is 34.8 Å². The van der Waals surface area contributed by atoms with Crippen LogP contribution in [0, 0.1) is 0 Å². The Balaban J connectivity index is 1.31. The van der Waals surface area contributed by atoms with E-state index in [2.05, 4.69) is 35.5 Å². The molecule has 5 rings (SSSR count). The minimum Gasteiger partial charge on any atom is -0.374 e. The maximum absolute atomic E-state index is 5.97. The molecule has 1 aliphatic rings. The van der Waals surface area contributed by atoms with Gasteiger partial charge in [0, 0.05) is 30.4 Å². The Morgan fingerprint density at radius 2 is 2.10 bits per heavy atom. The number of ether oxygens (including phenoxy) is 1. The Labute approximate surface area is 171 Å². The van der Waals surface area contributed by atoms with Gasteiger partial charge in [0.1, 0.15) is 11.3 Å². The van der Waals surface area contributed by atoms with Crippen molar-refractivity contribution in [2.45, 2.75) is 19.2 Å². The summed E-state index contributed by atoms with van der Waals surface area (Å²) in [5, 5.41) is 15.0. The highest BCUT2D eigenvalue weighted by Crippen LogP contribution is 2.21. The molecule has 0 unspecified atom stereocenters. The first kappa shape index (κ1) is 18.1. The summed E-state index contributed by atoms with van der Waals surface area (Å²) in [4.78, 5) is 15.5. The van der Waals surface area contributed by atoms with Crippen molar-refractivity contribution in [3.8, 4) is 0 Å². The molecule has 0 spiro atoms. The lowest BCUT2D eigenvalue weighted by atomic mass is 10.2. The topological polar surface area (TPSA) is 93.9 Å². The van der Waals surface area contributed by atoms with Crippen molar-refractivity contribution in [3.63, 3.8) is 0 Å². The van der Waals surface area contributed by atoms with E-state index in [0.29, 0.717) is 30.1 Å². The maximum atomic E-state index is 5.97. The van der Waals surface area contributed by atoms with E-state index in [0.717, 1.165) is 30.3 Å². The Bertz CT molecular complexity index is 1070. The first-order chi connectivity index (χ1) is 14.3. The molecule has 1 saturated heterocycles. The van der Waals surface area contributed by atoms with Crippen LogP contribution >= 0.6 is 11.3 Å². The van der Waals surface area contributed by atoms with Crippen LogP contribution in [0.5, 0.6) is 0 Å². The summed E-state index contributed by atoms with van der Waals surface area (Å²) < 4.78 is 7.77. The second kappa shape index (κ2) is 8.19. The summed E-state index contributed by atoms with van der Waals surface area (Å²) >= 11 is 1.68. The van der Waals surface area contributed by atoms with Crippen LogP contribution < -0.4 is 5.32 Å². The van der Waals surface area contributed by atoms with Crippen molar-refractivity contribution < 1.29 is 4.74 Å². The molecule has 148 valence electrons. The van der Waals surface area contributed by atoms with Crippen molar-refractivity contribution in [3.05, 3.63) is 53.2 Å². The van der Waals surface area contributed by atoms with E-state index in [1.807, 2.05) is 41.9 Å². The largest absolute Gasteiger partial charge is 0.374 e. The number of hydrogen-bond acceptors (Lipinski definition) is 9. The Kier molecular flexibility index (Phi) is 5.11. The molecular weight excluding hydrogens is 388 g/mol. The van der Waals surface area contributed by atoms with Gasteiger partial charge in [0.05, 0.1) is 25.8 Å². The molecule has 0 aliphatic carbocycles. The number of benzene rings is 1. The predicted molar refractivity (Wildman–Crippen MR) is 110 cm³/mol. The quantitative estimate of drug-likeness (QED) is 0.520. The number of hydrogen-bond donors (Lipinski definition) is 1. The minimum atomic E-state index is 0.0223. The molecule has 10 heteroatoms. The molecule has 1 N–H and O–H groups in total. The van der Waals surface area contributed by atoms with Crippen LogP contribution in [-0.2, 0) is 17.8 Å². The van der Waals surface area contributed by atoms with Crippen molar-refractivity contribution in [2.75, 3.05) is 25.0 Å². The molecule has 0 radical (unpaired) electrons. The highest BCUT2D eigenvalue weighted by atomic mass is 32.1. The molecule has 1 fully saturated rings. The van der Waals surface area contributed by atoms with Gasteiger partial charge in [-0.15, -0.1) is 16.4 Å². The Morgan fingerprint density at radius 1 is 1.17 bits per heavy atom. The summed E-state index contributed by atoms with van der Waals surface area (Å²) in [5.74, 6) is 0.641. The number of nitrogens with one attached hydrogen (secondary N) is 1. The monoisotopic (exact) mass is 408 g/mol. The molecule has 0 amide bonds. The summed E-state index contributed by atoms with van der Waals surface area (Å²) in [5.41, 5.74) is 2.28. The van der Waals surface area contributed by atoms with Gasteiger partial charge >= 0.3 is 0 Å². The number of anilines is 2. The second-order valence-electron chi connectivity index (χ2n) is 6.81. The fourth-order valence-electron chi connectivity index (χ4n) is 3.41. The van der Waals surface area contributed by atoms with Gasteiger partial charge in [-0.1, -0.05) is 23.4 Å². The standard InChI is InChI=1S/C19H20N8OS/c1-2-4-14(5-3-1)23-18-17-19(22-13-21-18)27(25-24-17)11-15-10-26(7-8-28-15)12-16-20-6-9-29-16/h1-6,9,13,15H,7-8,10-12H2,(H,21,22,23)/t15-/m1/s1. The first-order valence-electron chi connectivity index (χ1n) is 9.44. The molecular formula is C19H20N8OS. The Hall–Kier alpha value is -2.95. The zero-order valence-electron chi connectivity index (χ0n) is 15.7. The average molecular weight is 408 g/mol. The Morgan fingerprint density at radius 3 is 2.97 bits per heavy atom. The van der Waals surface area contributed by atoms with Gasteiger partial charge < -0.3 is 10.1 Å². The van der Waals surface area contributed by atoms with Crippen molar-refractivity contribution in [1.29, 1.82) is 0 Å². The summed E-state index contributed by atoms with van der Waals surface area (Å²) in [7, 11) is 0. The molecule has 3 aromatic heterocycles. The normalized spacial score (nSPS) is 17.6. The summed E-state index contributed by atoms with van der Waals surface area (Å²) in [6.45, 7) is 3.86. The van der Waals surface area contributed by atoms with Gasteiger partial charge in [-0.05, 0) is 12.1 Å². The molecule has 4 aromatic rings. The van der Waals surface area contributed by atoms with Gasteiger partial charge in [-0.3, -0.25) is 4.90 Å². The van der Waals surface area contributed by atoms with Gasteiger partial charge in [-0.25, -0.2) is 19.6 Å².